The second-order valence-electron chi connectivity index (χ2n) is 14.1. The molecule has 0 atom stereocenters. The van der Waals surface area contributed by atoms with Crippen LogP contribution >= 0.6 is 23.1 Å². The molecule has 2 aromatic heterocycles. The van der Waals surface area contributed by atoms with Crippen LogP contribution < -0.4 is 20.7 Å². The van der Waals surface area contributed by atoms with E-state index in [1.807, 2.05) is 36.0 Å². The summed E-state index contributed by atoms with van der Waals surface area (Å²) in [5.41, 5.74) is 7.45. The van der Waals surface area contributed by atoms with Crippen LogP contribution in [0.2, 0.25) is 0 Å². The number of fused-ring (bicyclic) bond motifs is 7. The van der Waals surface area contributed by atoms with Gasteiger partial charge in [-0.3, -0.25) is 4.40 Å². The van der Waals surface area contributed by atoms with Crippen LogP contribution in [0.1, 0.15) is 34.7 Å². The summed E-state index contributed by atoms with van der Waals surface area (Å²) in [6.45, 7) is 2.35. The van der Waals surface area contributed by atoms with E-state index >= 15 is 0 Å². The largest absolute Gasteiger partial charge is 0.283 e. The van der Waals surface area contributed by atoms with E-state index in [1.165, 1.54) is 36.5 Å². The van der Waals surface area contributed by atoms with E-state index < -0.39 is 14.9 Å². The van der Waals surface area contributed by atoms with E-state index in [9.17, 15) is 0 Å². The van der Waals surface area contributed by atoms with Gasteiger partial charge in [-0.2, -0.15) is 0 Å². The number of aromatic nitrogens is 2. The molecule has 5 heteroatoms. The van der Waals surface area contributed by atoms with Gasteiger partial charge in [0.1, 0.15) is 0 Å². The van der Waals surface area contributed by atoms with Crippen molar-refractivity contribution in [2.75, 3.05) is 0 Å². The monoisotopic (exact) mass is 723 g/mol. The second-order valence-corrected chi connectivity index (χ2v) is 19.9. The zero-order valence-electron chi connectivity index (χ0n) is 31.8. The predicted octanol–water partition coefficient (Wildman–Crippen LogP) is 9.85. The Balaban J connectivity index is 1.32. The molecule has 0 amide bonds. The molecule has 0 bridgehead atoms. The summed E-state index contributed by atoms with van der Waals surface area (Å²) >= 11 is 3.49. The van der Waals surface area contributed by atoms with Crippen LogP contribution in [0.4, 0.5) is 0 Å². The van der Waals surface area contributed by atoms with Gasteiger partial charge in [0, 0.05) is 24.9 Å². The number of imidazole rings is 1. The van der Waals surface area contributed by atoms with Crippen LogP contribution in [0.15, 0.2) is 174 Å². The smallest absolute Gasteiger partial charge is 0.195 e. The Morgan fingerprint density at radius 2 is 1.29 bits per heavy atom. The zero-order valence-corrected chi connectivity index (χ0v) is 31.4. The van der Waals surface area contributed by atoms with E-state index in [2.05, 4.69) is 158 Å². The van der Waals surface area contributed by atoms with Crippen molar-refractivity contribution in [1.29, 1.82) is 0 Å². The molecule has 250 valence electrons. The van der Waals surface area contributed by atoms with Crippen molar-refractivity contribution in [3.63, 3.8) is 0 Å². The van der Waals surface area contributed by atoms with Gasteiger partial charge in [0.2, 0.25) is 0 Å². The zero-order chi connectivity index (χ0) is 37.5. The fourth-order valence-electron chi connectivity index (χ4n) is 8.52. The molecule has 2 nitrogen and oxygen atoms in total. The first kappa shape index (κ1) is 28.4. The van der Waals surface area contributed by atoms with Crippen molar-refractivity contribution in [2.24, 2.45) is 0 Å². The molecule has 1 aliphatic rings. The van der Waals surface area contributed by atoms with Crippen molar-refractivity contribution < 1.29 is 4.11 Å². The van der Waals surface area contributed by atoms with Crippen LogP contribution in [-0.2, 0) is 5.41 Å². The Kier molecular flexibility index (Phi) is 6.51. The third kappa shape index (κ3) is 4.53. The topological polar surface area (TPSA) is 17.3 Å². The average Bonchev–Trinajstić information content (AvgIpc) is 3.75. The molecule has 52 heavy (non-hydrogen) atoms. The highest BCUT2D eigenvalue weighted by Gasteiger charge is 2.46. The van der Waals surface area contributed by atoms with Crippen LogP contribution in [-0.4, -0.2) is 17.5 Å². The molecule has 7 aromatic carbocycles. The van der Waals surface area contributed by atoms with E-state index in [-0.39, 0.29) is 5.41 Å². The first-order chi connectivity index (χ1) is 26.7. The minimum absolute atomic E-state index is 0.215. The number of hydrogen-bond acceptors (Lipinski definition) is 3. The molecule has 9 aromatic rings. The molecule has 0 unspecified atom stereocenters. The number of nitrogens with zero attached hydrogens (tertiary/aromatic N) is 2. The highest BCUT2D eigenvalue weighted by molar-refractivity contribution is 7.99. The fourth-order valence-corrected chi connectivity index (χ4v) is 16.5. The van der Waals surface area contributed by atoms with Gasteiger partial charge in [-0.25, -0.2) is 4.98 Å². The minimum atomic E-state index is -3.15. The minimum Gasteiger partial charge on any atom is -0.283 e. The molecule has 0 fully saturated rings. The second kappa shape index (κ2) is 11.9. The maximum Gasteiger partial charge on any atom is 0.195 e. The van der Waals surface area contributed by atoms with Gasteiger partial charge in [0.25, 0.3) is 0 Å². The fraction of sp³-hybridized carbons (Fsp3) is 0.0851. The summed E-state index contributed by atoms with van der Waals surface area (Å²) in [5.74, 6) is 0. The number of hydrogen-bond donors (Lipinski definition) is 0. The lowest BCUT2D eigenvalue weighted by atomic mass is 9.78. The van der Waals surface area contributed by atoms with Crippen molar-refractivity contribution in [3.05, 3.63) is 180 Å². The van der Waals surface area contributed by atoms with Gasteiger partial charge < -0.3 is 0 Å². The molecule has 0 aliphatic carbocycles. The lowest BCUT2D eigenvalue weighted by Crippen LogP contribution is -2.75. The summed E-state index contributed by atoms with van der Waals surface area (Å²) in [6.07, 6.45) is 0. The predicted molar refractivity (Wildman–Crippen MR) is 225 cm³/mol. The molecular formula is C47H36N2S2Si. The summed E-state index contributed by atoms with van der Waals surface area (Å²) in [4.78, 5) is 8.44. The van der Waals surface area contributed by atoms with Gasteiger partial charge in [-0.1, -0.05) is 176 Å². The van der Waals surface area contributed by atoms with E-state index in [4.69, 9.17) is 9.10 Å². The lowest BCUT2D eigenvalue weighted by Gasteiger charge is -2.41. The van der Waals surface area contributed by atoms with Crippen LogP contribution in [0.25, 0.3) is 37.3 Å². The van der Waals surface area contributed by atoms with Crippen molar-refractivity contribution in [1.82, 2.24) is 9.38 Å². The Bertz CT molecular complexity index is 2890. The van der Waals surface area contributed by atoms with Gasteiger partial charge in [0.15, 0.2) is 13.0 Å². The van der Waals surface area contributed by atoms with E-state index in [1.54, 1.807) is 11.3 Å². The Hall–Kier alpha value is -5.20. The summed E-state index contributed by atoms with van der Waals surface area (Å²) in [5, 5.41) is 4.95. The highest BCUT2D eigenvalue weighted by atomic mass is 32.2. The van der Waals surface area contributed by atoms with Crippen LogP contribution in [0.5, 0.6) is 0 Å². The Labute approximate surface area is 317 Å². The lowest BCUT2D eigenvalue weighted by molar-refractivity contribution is 0.608. The van der Waals surface area contributed by atoms with Gasteiger partial charge in [-0.15, -0.1) is 0 Å². The third-order valence-electron chi connectivity index (χ3n) is 11.0. The molecule has 0 radical (unpaired) electrons. The molecule has 0 spiro atoms. The van der Waals surface area contributed by atoms with E-state index in [0.29, 0.717) is 5.56 Å². The number of thiazole rings is 1. The molecule has 0 saturated heterocycles. The quantitative estimate of drug-likeness (QED) is 0.130. The van der Waals surface area contributed by atoms with Crippen molar-refractivity contribution in [3.8, 4) is 11.1 Å². The van der Waals surface area contributed by atoms with E-state index in [0.717, 1.165) is 42.5 Å². The van der Waals surface area contributed by atoms with Crippen molar-refractivity contribution >= 4 is 78.1 Å². The maximum absolute atomic E-state index is 8.84. The number of para-hydroxylation sites is 2. The molecule has 0 N–H and O–H groups in total. The molecule has 10 rings (SSSR count). The SMILES string of the molecule is [2H]C([2H])([2H])c1ccc([Si](c2ccccc2)(c2ccccc2)c2cccc3c2Sc2ccccc2C3(C)C)cc1-c1cccc2c1sc1nc3ccccc3n12. The molecule has 1 aliphatic heterocycles. The first-order valence-electron chi connectivity index (χ1n) is 19.1. The average molecular weight is 724 g/mol. The Morgan fingerprint density at radius 1 is 0.615 bits per heavy atom. The number of aryl methyl sites for hydroxylation is 1. The van der Waals surface area contributed by atoms with Gasteiger partial charge in [0.05, 0.1) is 21.3 Å². The molecule has 0 saturated carbocycles. The maximum atomic E-state index is 8.84. The standard InChI is InChI=1S/C47H36N2S2Si/c1-31-28-29-34(30-36(31)35-20-14-25-41-44(35)51-46-48-39-23-11-12-24-40(39)49(41)46)52(32-16-6-4-7-17-32,33-18-8-5-9-19-33)43-27-15-22-38-45(43)50-42-26-13-10-21-37(42)47(38,2)3/h4-30H,1-3H3/i1D3. The molecule has 3 heterocycles. The summed E-state index contributed by atoms with van der Waals surface area (Å²) < 4.78 is 29.7. The summed E-state index contributed by atoms with van der Waals surface area (Å²) in [6, 6.07) is 58.3. The normalized spacial score (nSPS) is 14.8. The van der Waals surface area contributed by atoms with Crippen LogP contribution in [0.3, 0.4) is 0 Å². The number of rotatable bonds is 5. The van der Waals surface area contributed by atoms with Gasteiger partial charge >= 0.3 is 0 Å². The van der Waals surface area contributed by atoms with Crippen molar-refractivity contribution in [2.45, 2.75) is 35.9 Å². The molecular weight excluding hydrogens is 685 g/mol. The highest BCUT2D eigenvalue weighted by Crippen LogP contribution is 2.49. The summed E-state index contributed by atoms with van der Waals surface area (Å²) in [7, 11) is -3.15. The Morgan fingerprint density at radius 3 is 2.08 bits per heavy atom. The third-order valence-corrected chi connectivity index (χ3v) is 18.3. The first-order valence-corrected chi connectivity index (χ1v) is 21.3. The van der Waals surface area contributed by atoms with Crippen LogP contribution in [0, 0.1) is 6.85 Å². The van der Waals surface area contributed by atoms with Gasteiger partial charge in [-0.05, 0) is 74.1 Å². The number of benzene rings is 7.